The lowest BCUT2D eigenvalue weighted by atomic mass is 10.1. The van der Waals surface area contributed by atoms with Gasteiger partial charge >= 0.3 is 0 Å². The van der Waals surface area contributed by atoms with Crippen molar-refractivity contribution in [3.8, 4) is 5.75 Å². The minimum atomic E-state index is -0.365. The number of H-pyrrole nitrogens is 1. The van der Waals surface area contributed by atoms with Gasteiger partial charge in [0.15, 0.2) is 0 Å². The van der Waals surface area contributed by atoms with Crippen LogP contribution in [0.3, 0.4) is 0 Å². The number of rotatable bonds is 3. The van der Waals surface area contributed by atoms with Crippen LogP contribution < -0.4 is 10.3 Å². The molecule has 6 heteroatoms. The van der Waals surface area contributed by atoms with Crippen molar-refractivity contribution in [2.75, 3.05) is 7.11 Å². The highest BCUT2D eigenvalue weighted by molar-refractivity contribution is 9.10. The quantitative estimate of drug-likeness (QED) is 0.686. The largest absolute Gasteiger partial charge is 0.507 e. The Bertz CT molecular complexity index is 946. The molecule has 0 aliphatic carbocycles. The number of aromatic amines is 1. The van der Waals surface area contributed by atoms with Crippen molar-refractivity contribution in [3.63, 3.8) is 0 Å². The second kappa shape index (κ2) is 6.26. The van der Waals surface area contributed by atoms with E-state index >= 15 is 0 Å². The molecule has 0 aliphatic heterocycles. The molecule has 2 N–H and O–H groups in total. The van der Waals surface area contributed by atoms with Crippen LogP contribution in [0.5, 0.6) is 5.75 Å². The van der Waals surface area contributed by atoms with Gasteiger partial charge in [-0.3, -0.25) is 4.79 Å². The van der Waals surface area contributed by atoms with E-state index in [1.807, 2.05) is 6.07 Å². The third-order valence-electron chi connectivity index (χ3n) is 3.34. The molecule has 0 atom stereocenters. The Labute approximate surface area is 140 Å². The fourth-order valence-electron chi connectivity index (χ4n) is 2.15. The molecule has 0 amide bonds. The summed E-state index contributed by atoms with van der Waals surface area (Å²) in [7, 11) is 1.57. The zero-order valence-electron chi connectivity index (χ0n) is 12.2. The molecule has 0 spiro atoms. The van der Waals surface area contributed by atoms with Crippen molar-refractivity contribution in [1.29, 1.82) is 0 Å². The van der Waals surface area contributed by atoms with Gasteiger partial charge in [-0.1, -0.05) is 15.9 Å². The first kappa shape index (κ1) is 15.3. The molecule has 0 saturated carbocycles. The second-order valence-electron chi connectivity index (χ2n) is 4.87. The Morgan fingerprint density at radius 2 is 2.00 bits per heavy atom. The predicted molar refractivity (Wildman–Crippen MR) is 93.6 cm³/mol. The molecule has 2 aromatic carbocycles. The number of halogens is 1. The van der Waals surface area contributed by atoms with E-state index in [2.05, 4.69) is 25.9 Å². The molecule has 0 aliphatic rings. The van der Waals surface area contributed by atoms with Crippen LogP contribution in [0.25, 0.3) is 22.9 Å². The average molecular weight is 373 g/mol. The molecule has 116 valence electrons. The molecule has 3 rings (SSSR count). The van der Waals surface area contributed by atoms with Gasteiger partial charge in [0.25, 0.3) is 5.56 Å². The normalized spacial score (nSPS) is 11.7. The fourth-order valence-corrected chi connectivity index (χ4v) is 2.51. The van der Waals surface area contributed by atoms with E-state index in [0.717, 1.165) is 4.47 Å². The van der Waals surface area contributed by atoms with Gasteiger partial charge in [0, 0.05) is 16.1 Å². The molecule has 0 bridgehead atoms. The van der Waals surface area contributed by atoms with Crippen LogP contribution in [-0.2, 0) is 0 Å². The Hall–Kier alpha value is -2.60. The van der Waals surface area contributed by atoms with E-state index in [4.69, 9.17) is 4.74 Å². The Morgan fingerprint density at radius 1 is 1.26 bits per heavy atom. The number of nitrogens with zero attached hydrogens (tertiary/aromatic N) is 1. The molecule has 1 heterocycles. The highest BCUT2D eigenvalue weighted by Gasteiger charge is 2.06. The second-order valence-corrected chi connectivity index (χ2v) is 5.79. The maximum Gasteiger partial charge on any atom is 0.274 e. The van der Waals surface area contributed by atoms with Crippen molar-refractivity contribution < 1.29 is 9.84 Å². The molecular weight excluding hydrogens is 360 g/mol. The fraction of sp³-hybridized carbons (Fsp3) is 0.0588. The van der Waals surface area contributed by atoms with Crippen LogP contribution in [0.4, 0.5) is 0 Å². The monoisotopic (exact) mass is 372 g/mol. The number of aromatic nitrogens is 2. The molecule has 3 aromatic rings. The van der Waals surface area contributed by atoms with Gasteiger partial charge in [0.2, 0.25) is 0 Å². The van der Waals surface area contributed by atoms with Crippen LogP contribution in [0, 0.1) is 0 Å². The first-order valence-electron chi connectivity index (χ1n) is 6.81. The zero-order chi connectivity index (χ0) is 16.4. The lowest BCUT2D eigenvalue weighted by Gasteiger charge is -2.03. The Kier molecular flexibility index (Phi) is 4.16. The van der Waals surface area contributed by atoms with Gasteiger partial charge < -0.3 is 14.8 Å². The predicted octanol–water partition coefficient (Wildman–Crippen LogP) is 3.75. The number of aliphatic hydroxyl groups excluding tert-OH is 1. The Balaban J connectivity index is 2.03. The van der Waals surface area contributed by atoms with E-state index < -0.39 is 0 Å². The number of hydrogen-bond acceptors (Lipinski definition) is 4. The number of ether oxygens (including phenoxy) is 1. The summed E-state index contributed by atoms with van der Waals surface area (Å²) in [5.41, 5.74) is 1.62. The van der Waals surface area contributed by atoms with E-state index in [0.29, 0.717) is 22.3 Å². The van der Waals surface area contributed by atoms with Gasteiger partial charge in [-0.25, -0.2) is 4.98 Å². The highest BCUT2D eigenvalue weighted by Crippen LogP contribution is 2.19. The summed E-state index contributed by atoms with van der Waals surface area (Å²) < 4.78 is 5.93. The van der Waals surface area contributed by atoms with Crippen LogP contribution in [0.2, 0.25) is 0 Å². The number of fused-ring (bicyclic) bond motifs is 1. The molecular formula is C17H13BrN2O3. The lowest BCUT2D eigenvalue weighted by molar-refractivity contribution is 0.414. The zero-order valence-corrected chi connectivity index (χ0v) is 13.8. The van der Waals surface area contributed by atoms with Crippen LogP contribution in [-0.4, -0.2) is 22.2 Å². The molecule has 1 aromatic heterocycles. The third kappa shape index (κ3) is 3.27. The van der Waals surface area contributed by atoms with E-state index in [1.54, 1.807) is 43.5 Å². The molecule has 23 heavy (non-hydrogen) atoms. The van der Waals surface area contributed by atoms with E-state index in [9.17, 15) is 9.90 Å². The van der Waals surface area contributed by atoms with Crippen molar-refractivity contribution >= 4 is 38.8 Å². The summed E-state index contributed by atoms with van der Waals surface area (Å²) in [4.78, 5) is 19.1. The van der Waals surface area contributed by atoms with E-state index in [-0.39, 0.29) is 17.0 Å². The molecule has 0 fully saturated rings. The summed E-state index contributed by atoms with van der Waals surface area (Å²) in [6, 6.07) is 12.3. The van der Waals surface area contributed by atoms with Crippen molar-refractivity contribution in [1.82, 2.24) is 9.97 Å². The van der Waals surface area contributed by atoms with Gasteiger partial charge in [-0.05, 0) is 42.5 Å². The van der Waals surface area contributed by atoms with Gasteiger partial charge in [0.1, 0.15) is 17.2 Å². The number of nitrogens with one attached hydrogen (secondary N) is 1. The molecule has 5 nitrogen and oxygen atoms in total. The number of aliphatic hydroxyl groups is 1. The van der Waals surface area contributed by atoms with Crippen LogP contribution in [0.15, 0.2) is 51.7 Å². The highest BCUT2D eigenvalue weighted by atomic mass is 79.9. The Morgan fingerprint density at radius 3 is 2.70 bits per heavy atom. The smallest absolute Gasteiger partial charge is 0.274 e. The number of methoxy groups -OCH3 is 1. The minimum absolute atomic E-state index is 0.0397. The van der Waals surface area contributed by atoms with Crippen molar-refractivity contribution in [2.45, 2.75) is 0 Å². The van der Waals surface area contributed by atoms with Crippen molar-refractivity contribution in [2.24, 2.45) is 0 Å². The first-order chi connectivity index (χ1) is 11.1. The minimum Gasteiger partial charge on any atom is -0.507 e. The maximum atomic E-state index is 12.1. The molecule has 0 unspecified atom stereocenters. The first-order valence-corrected chi connectivity index (χ1v) is 7.61. The SMILES string of the molecule is COc1ccc(/C(O)=C/c2nc3ccc(Br)cc3[nH]c2=O)cc1. The molecule has 0 saturated heterocycles. The molecule has 0 radical (unpaired) electrons. The number of hydrogen-bond donors (Lipinski definition) is 2. The summed E-state index contributed by atoms with van der Waals surface area (Å²) in [6.07, 6.45) is 1.35. The maximum absolute atomic E-state index is 12.1. The summed E-state index contributed by atoms with van der Waals surface area (Å²) in [6.45, 7) is 0. The summed E-state index contributed by atoms with van der Waals surface area (Å²) in [5.74, 6) is 0.649. The summed E-state index contributed by atoms with van der Waals surface area (Å²) in [5, 5.41) is 10.2. The third-order valence-corrected chi connectivity index (χ3v) is 3.83. The number of benzene rings is 2. The summed E-state index contributed by atoms with van der Waals surface area (Å²) >= 11 is 3.35. The van der Waals surface area contributed by atoms with Gasteiger partial charge in [0.05, 0.1) is 18.1 Å². The van der Waals surface area contributed by atoms with Crippen LogP contribution in [0.1, 0.15) is 11.3 Å². The lowest BCUT2D eigenvalue weighted by Crippen LogP contribution is -2.12. The average Bonchev–Trinajstić information content (AvgIpc) is 2.55. The van der Waals surface area contributed by atoms with Crippen molar-refractivity contribution in [3.05, 3.63) is 68.5 Å². The topological polar surface area (TPSA) is 75.2 Å². The van der Waals surface area contributed by atoms with Gasteiger partial charge in [-0.2, -0.15) is 0 Å². The van der Waals surface area contributed by atoms with Gasteiger partial charge in [-0.15, -0.1) is 0 Å². The van der Waals surface area contributed by atoms with E-state index in [1.165, 1.54) is 6.08 Å². The van der Waals surface area contributed by atoms with Crippen LogP contribution >= 0.6 is 15.9 Å². The standard InChI is InChI=1S/C17H13BrN2O3/c1-23-12-5-2-10(3-6-12)16(21)9-15-17(22)20-14-8-11(18)4-7-13(14)19-15/h2-9,21H,1H3,(H,20,22)/b16-9-.